The fourth-order valence-corrected chi connectivity index (χ4v) is 2.55. The van der Waals surface area contributed by atoms with E-state index in [9.17, 15) is 4.79 Å². The molecule has 104 valence electrons. The van der Waals surface area contributed by atoms with Crippen LogP contribution in [0.25, 0.3) is 0 Å². The lowest BCUT2D eigenvalue weighted by molar-refractivity contribution is -0.136. The van der Waals surface area contributed by atoms with E-state index in [1.54, 1.807) is 0 Å². The number of methoxy groups -OCH3 is 1. The van der Waals surface area contributed by atoms with Crippen molar-refractivity contribution >= 4 is 5.97 Å². The summed E-state index contributed by atoms with van der Waals surface area (Å²) in [4.78, 5) is 11.4. The molecule has 0 N–H and O–H groups in total. The van der Waals surface area contributed by atoms with Crippen molar-refractivity contribution in [3.8, 4) is 0 Å². The lowest BCUT2D eigenvalue weighted by atomic mass is 9.85. The molecule has 2 atom stereocenters. The molecule has 18 heavy (non-hydrogen) atoms. The molecule has 0 radical (unpaired) electrons. The van der Waals surface area contributed by atoms with Gasteiger partial charge in [-0.15, -0.1) is 0 Å². The van der Waals surface area contributed by atoms with Gasteiger partial charge < -0.3 is 9.47 Å². The van der Waals surface area contributed by atoms with Gasteiger partial charge in [0.05, 0.1) is 19.8 Å². The summed E-state index contributed by atoms with van der Waals surface area (Å²) in [6.07, 6.45) is 9.11. The molecule has 0 amide bonds. The van der Waals surface area contributed by atoms with Gasteiger partial charge in [-0.25, -0.2) is 4.79 Å². The van der Waals surface area contributed by atoms with Gasteiger partial charge >= 0.3 is 5.97 Å². The van der Waals surface area contributed by atoms with Crippen LogP contribution in [0.1, 0.15) is 52.4 Å². The average molecular weight is 254 g/mol. The van der Waals surface area contributed by atoms with E-state index in [1.165, 1.54) is 32.8 Å². The van der Waals surface area contributed by atoms with Gasteiger partial charge in [-0.2, -0.15) is 0 Å². The summed E-state index contributed by atoms with van der Waals surface area (Å²) in [5.74, 6) is 0.579. The fourth-order valence-electron chi connectivity index (χ4n) is 2.55. The molecule has 1 saturated carbocycles. The van der Waals surface area contributed by atoms with E-state index in [0.29, 0.717) is 24.7 Å². The van der Waals surface area contributed by atoms with Gasteiger partial charge in [0.25, 0.3) is 0 Å². The molecule has 0 bridgehead atoms. The van der Waals surface area contributed by atoms with Crippen molar-refractivity contribution in [2.45, 2.75) is 58.5 Å². The normalized spacial score (nSPS) is 24.9. The van der Waals surface area contributed by atoms with Crippen molar-refractivity contribution in [1.29, 1.82) is 0 Å². The summed E-state index contributed by atoms with van der Waals surface area (Å²) >= 11 is 0. The molecule has 1 aliphatic rings. The van der Waals surface area contributed by atoms with Crippen molar-refractivity contribution in [3.63, 3.8) is 0 Å². The van der Waals surface area contributed by atoms with Crippen LogP contribution in [0.2, 0.25) is 0 Å². The summed E-state index contributed by atoms with van der Waals surface area (Å²) in [6, 6.07) is 0. The Morgan fingerprint density at radius 1 is 1.33 bits per heavy atom. The Kier molecular flexibility index (Phi) is 7.02. The zero-order valence-corrected chi connectivity index (χ0v) is 11.9. The summed E-state index contributed by atoms with van der Waals surface area (Å²) in [6.45, 7) is 4.73. The van der Waals surface area contributed by atoms with Crippen LogP contribution in [-0.4, -0.2) is 25.8 Å². The SMILES string of the molecule is CCC(=CCOC1CCCC(CC)C1)C(=O)OC. The molecule has 0 spiro atoms. The number of rotatable bonds is 6. The number of ether oxygens (including phenoxy) is 2. The van der Waals surface area contributed by atoms with Crippen LogP contribution in [0.4, 0.5) is 0 Å². The molecule has 0 aromatic rings. The van der Waals surface area contributed by atoms with Crippen molar-refractivity contribution in [2.75, 3.05) is 13.7 Å². The maximum atomic E-state index is 11.4. The van der Waals surface area contributed by atoms with Gasteiger partial charge in [-0.3, -0.25) is 0 Å². The summed E-state index contributed by atoms with van der Waals surface area (Å²) in [7, 11) is 1.42. The third kappa shape index (κ3) is 4.81. The van der Waals surface area contributed by atoms with E-state index in [2.05, 4.69) is 6.92 Å². The molecule has 2 unspecified atom stereocenters. The second kappa shape index (κ2) is 8.30. The van der Waals surface area contributed by atoms with Crippen LogP contribution >= 0.6 is 0 Å². The molecule has 0 aliphatic heterocycles. The van der Waals surface area contributed by atoms with E-state index < -0.39 is 0 Å². The second-order valence-corrected chi connectivity index (χ2v) is 4.97. The van der Waals surface area contributed by atoms with Gasteiger partial charge in [0.1, 0.15) is 0 Å². The van der Waals surface area contributed by atoms with Crippen LogP contribution in [-0.2, 0) is 14.3 Å². The molecule has 0 heterocycles. The van der Waals surface area contributed by atoms with Crippen LogP contribution in [0.5, 0.6) is 0 Å². The molecule has 1 fully saturated rings. The highest BCUT2D eigenvalue weighted by atomic mass is 16.5. The Balaban J connectivity index is 2.35. The van der Waals surface area contributed by atoms with Crippen molar-refractivity contribution in [1.82, 2.24) is 0 Å². The first kappa shape index (κ1) is 15.2. The number of hydrogen-bond donors (Lipinski definition) is 0. The maximum absolute atomic E-state index is 11.4. The maximum Gasteiger partial charge on any atom is 0.333 e. The van der Waals surface area contributed by atoms with E-state index in [4.69, 9.17) is 9.47 Å². The van der Waals surface area contributed by atoms with E-state index in [0.717, 1.165) is 12.3 Å². The quantitative estimate of drug-likeness (QED) is 0.537. The van der Waals surface area contributed by atoms with Gasteiger partial charge in [-0.1, -0.05) is 33.1 Å². The van der Waals surface area contributed by atoms with Gasteiger partial charge in [0.15, 0.2) is 0 Å². The predicted molar refractivity (Wildman–Crippen MR) is 72.4 cm³/mol. The van der Waals surface area contributed by atoms with Crippen molar-refractivity contribution < 1.29 is 14.3 Å². The standard InChI is InChI=1S/C15H26O3/c1-4-12-7-6-8-14(11-12)18-10-9-13(5-2)15(16)17-3/h9,12,14H,4-8,10-11H2,1-3H3. The third-order valence-electron chi connectivity index (χ3n) is 3.80. The number of hydrogen-bond acceptors (Lipinski definition) is 3. The highest BCUT2D eigenvalue weighted by molar-refractivity contribution is 5.88. The first-order valence-corrected chi connectivity index (χ1v) is 7.10. The van der Waals surface area contributed by atoms with E-state index in [1.807, 2.05) is 13.0 Å². The molecular formula is C15H26O3. The Labute approximate surface area is 111 Å². The van der Waals surface area contributed by atoms with Gasteiger partial charge in [0.2, 0.25) is 0 Å². The molecule has 0 aromatic carbocycles. The Morgan fingerprint density at radius 3 is 2.72 bits per heavy atom. The Bertz CT molecular complexity index is 283. The van der Waals surface area contributed by atoms with Gasteiger partial charge in [0, 0.05) is 5.57 Å². The van der Waals surface area contributed by atoms with E-state index in [-0.39, 0.29) is 5.97 Å². The fraction of sp³-hybridized carbons (Fsp3) is 0.800. The first-order valence-electron chi connectivity index (χ1n) is 7.10. The lowest BCUT2D eigenvalue weighted by Gasteiger charge is -2.28. The largest absolute Gasteiger partial charge is 0.466 e. The second-order valence-electron chi connectivity index (χ2n) is 4.97. The first-order chi connectivity index (χ1) is 8.71. The smallest absolute Gasteiger partial charge is 0.333 e. The monoisotopic (exact) mass is 254 g/mol. The molecule has 1 aliphatic carbocycles. The molecule has 3 heteroatoms. The molecular weight excluding hydrogens is 228 g/mol. The third-order valence-corrected chi connectivity index (χ3v) is 3.80. The van der Waals surface area contributed by atoms with Crippen molar-refractivity contribution in [3.05, 3.63) is 11.6 Å². The zero-order valence-electron chi connectivity index (χ0n) is 11.9. The Hall–Kier alpha value is -0.830. The molecule has 3 nitrogen and oxygen atoms in total. The minimum absolute atomic E-state index is 0.240. The minimum atomic E-state index is -0.240. The average Bonchev–Trinajstić information content (AvgIpc) is 2.43. The highest BCUT2D eigenvalue weighted by Gasteiger charge is 2.20. The van der Waals surface area contributed by atoms with Crippen LogP contribution in [0.3, 0.4) is 0 Å². The van der Waals surface area contributed by atoms with Crippen LogP contribution in [0, 0.1) is 5.92 Å². The Morgan fingerprint density at radius 2 is 2.11 bits per heavy atom. The molecule has 1 rings (SSSR count). The predicted octanol–water partition coefficient (Wildman–Crippen LogP) is 3.48. The van der Waals surface area contributed by atoms with Gasteiger partial charge in [-0.05, 0) is 31.3 Å². The minimum Gasteiger partial charge on any atom is -0.466 e. The number of carbonyl (C=O) groups excluding carboxylic acids is 1. The molecule has 0 aromatic heterocycles. The lowest BCUT2D eigenvalue weighted by Crippen LogP contribution is -2.22. The number of carbonyl (C=O) groups is 1. The van der Waals surface area contributed by atoms with Crippen LogP contribution in [0.15, 0.2) is 11.6 Å². The summed E-state index contributed by atoms with van der Waals surface area (Å²) in [5, 5.41) is 0. The van der Waals surface area contributed by atoms with Crippen LogP contribution < -0.4 is 0 Å². The number of esters is 1. The topological polar surface area (TPSA) is 35.5 Å². The van der Waals surface area contributed by atoms with Crippen molar-refractivity contribution in [2.24, 2.45) is 5.92 Å². The van der Waals surface area contributed by atoms with E-state index >= 15 is 0 Å². The highest BCUT2D eigenvalue weighted by Crippen LogP contribution is 2.28. The summed E-state index contributed by atoms with van der Waals surface area (Å²) in [5.41, 5.74) is 0.709. The molecule has 0 saturated heterocycles. The summed E-state index contributed by atoms with van der Waals surface area (Å²) < 4.78 is 10.6. The zero-order chi connectivity index (χ0) is 13.4.